The molecule has 0 amide bonds. The summed E-state index contributed by atoms with van der Waals surface area (Å²) in [5.74, 6) is -0.193. The fourth-order valence-corrected chi connectivity index (χ4v) is 2.36. The van der Waals surface area contributed by atoms with Gasteiger partial charge in [0, 0.05) is 0 Å². The van der Waals surface area contributed by atoms with Crippen LogP contribution in [0.2, 0.25) is 0 Å². The van der Waals surface area contributed by atoms with E-state index in [4.69, 9.17) is 9.47 Å². The van der Waals surface area contributed by atoms with E-state index < -0.39 is 5.60 Å². The highest BCUT2D eigenvalue weighted by Crippen LogP contribution is 2.34. The van der Waals surface area contributed by atoms with Gasteiger partial charge in [0.2, 0.25) is 0 Å². The zero-order valence-electron chi connectivity index (χ0n) is 12.0. The smallest absolute Gasteiger partial charge is 0.340 e. The van der Waals surface area contributed by atoms with Gasteiger partial charge in [-0.1, -0.05) is 58.3 Å². The summed E-state index contributed by atoms with van der Waals surface area (Å²) < 4.78 is 9.99. The summed E-state index contributed by atoms with van der Waals surface area (Å²) in [6.45, 7) is 2.80. The SMILES string of the molecule is CCCCCCCCCCCC1(C(=O)OC)CO1. The molecule has 3 nitrogen and oxygen atoms in total. The summed E-state index contributed by atoms with van der Waals surface area (Å²) in [6, 6.07) is 0. The predicted octanol–water partition coefficient (Wildman–Crippen LogP) is 3.85. The highest BCUT2D eigenvalue weighted by molar-refractivity contribution is 5.82. The molecule has 106 valence electrons. The highest BCUT2D eigenvalue weighted by Gasteiger charge is 2.52. The maximum Gasteiger partial charge on any atom is 0.340 e. The molecule has 1 aliphatic rings. The molecule has 18 heavy (non-hydrogen) atoms. The third-order valence-corrected chi connectivity index (χ3v) is 3.73. The third-order valence-electron chi connectivity index (χ3n) is 3.73. The van der Waals surface area contributed by atoms with Gasteiger partial charge in [0.15, 0.2) is 5.60 Å². The second kappa shape index (κ2) is 8.52. The second-order valence-electron chi connectivity index (χ2n) is 5.35. The minimum absolute atomic E-state index is 0.193. The number of carbonyl (C=O) groups excluding carboxylic acids is 1. The fraction of sp³-hybridized carbons (Fsp3) is 0.933. The number of carbonyl (C=O) groups is 1. The van der Waals surface area contributed by atoms with E-state index in [1.54, 1.807) is 0 Å². The van der Waals surface area contributed by atoms with E-state index in [0.29, 0.717) is 6.61 Å². The van der Waals surface area contributed by atoms with E-state index in [1.165, 1.54) is 58.5 Å². The van der Waals surface area contributed by atoms with Crippen LogP contribution in [0.1, 0.15) is 71.1 Å². The maximum absolute atomic E-state index is 11.4. The van der Waals surface area contributed by atoms with Gasteiger partial charge in [0.25, 0.3) is 0 Å². The van der Waals surface area contributed by atoms with Crippen molar-refractivity contribution < 1.29 is 14.3 Å². The summed E-state index contributed by atoms with van der Waals surface area (Å²) >= 11 is 0. The average Bonchev–Trinajstić information content (AvgIpc) is 3.17. The first-order valence-corrected chi connectivity index (χ1v) is 7.47. The Hall–Kier alpha value is -0.570. The fourth-order valence-electron chi connectivity index (χ4n) is 2.36. The molecule has 0 N–H and O–H groups in total. The normalized spacial score (nSPS) is 21.9. The largest absolute Gasteiger partial charge is 0.467 e. The lowest BCUT2D eigenvalue weighted by molar-refractivity contribution is -0.147. The van der Waals surface area contributed by atoms with Gasteiger partial charge in [-0.3, -0.25) is 0 Å². The van der Waals surface area contributed by atoms with Crippen LogP contribution in [-0.2, 0) is 14.3 Å². The number of methoxy groups -OCH3 is 1. The first-order valence-electron chi connectivity index (χ1n) is 7.47. The van der Waals surface area contributed by atoms with Crippen LogP contribution in [0.5, 0.6) is 0 Å². The van der Waals surface area contributed by atoms with Crippen LogP contribution in [0, 0.1) is 0 Å². The van der Waals surface area contributed by atoms with E-state index in [9.17, 15) is 4.79 Å². The number of esters is 1. The van der Waals surface area contributed by atoms with Crippen molar-refractivity contribution >= 4 is 5.97 Å². The number of hydrogen-bond donors (Lipinski definition) is 0. The topological polar surface area (TPSA) is 38.8 Å². The second-order valence-corrected chi connectivity index (χ2v) is 5.35. The molecule has 0 aromatic heterocycles. The monoisotopic (exact) mass is 256 g/mol. The quantitative estimate of drug-likeness (QED) is 0.320. The van der Waals surface area contributed by atoms with E-state index in [2.05, 4.69) is 6.92 Å². The molecule has 1 unspecified atom stereocenters. The molecular weight excluding hydrogens is 228 g/mol. The molecule has 0 spiro atoms. The Kier molecular flexibility index (Phi) is 7.33. The Morgan fingerprint density at radius 2 is 1.56 bits per heavy atom. The lowest BCUT2D eigenvalue weighted by Gasteiger charge is -2.08. The lowest BCUT2D eigenvalue weighted by atomic mass is 10.0. The van der Waals surface area contributed by atoms with Gasteiger partial charge in [-0.2, -0.15) is 0 Å². The van der Waals surface area contributed by atoms with Crippen LogP contribution in [-0.4, -0.2) is 25.3 Å². The Bertz CT molecular complexity index is 234. The van der Waals surface area contributed by atoms with Gasteiger partial charge in [0.05, 0.1) is 13.7 Å². The summed E-state index contributed by atoms with van der Waals surface area (Å²) in [5.41, 5.74) is -0.560. The lowest BCUT2D eigenvalue weighted by Crippen LogP contribution is -2.25. The molecular formula is C15H28O3. The van der Waals surface area contributed by atoms with Crippen LogP contribution < -0.4 is 0 Å². The molecule has 0 aliphatic carbocycles. The predicted molar refractivity (Wildman–Crippen MR) is 72.5 cm³/mol. The average molecular weight is 256 g/mol. The van der Waals surface area contributed by atoms with E-state index >= 15 is 0 Å². The highest BCUT2D eigenvalue weighted by atomic mass is 16.6. The summed E-state index contributed by atoms with van der Waals surface area (Å²) in [4.78, 5) is 11.4. The van der Waals surface area contributed by atoms with E-state index in [1.807, 2.05) is 0 Å². The molecule has 0 radical (unpaired) electrons. The molecule has 3 heteroatoms. The molecule has 1 aliphatic heterocycles. The van der Waals surface area contributed by atoms with Crippen LogP contribution in [0.3, 0.4) is 0 Å². The van der Waals surface area contributed by atoms with Crippen molar-refractivity contribution in [2.24, 2.45) is 0 Å². The minimum Gasteiger partial charge on any atom is -0.467 e. The van der Waals surface area contributed by atoms with Gasteiger partial charge in [-0.25, -0.2) is 4.79 Å². The van der Waals surface area contributed by atoms with Crippen molar-refractivity contribution in [1.82, 2.24) is 0 Å². The number of unbranched alkanes of at least 4 members (excludes halogenated alkanes) is 8. The van der Waals surface area contributed by atoms with Gasteiger partial charge in [0.1, 0.15) is 0 Å². The minimum atomic E-state index is -0.560. The molecule has 1 heterocycles. The third kappa shape index (κ3) is 5.38. The van der Waals surface area contributed by atoms with E-state index in [0.717, 1.165) is 12.8 Å². The number of rotatable bonds is 11. The van der Waals surface area contributed by atoms with Gasteiger partial charge in [-0.05, 0) is 12.8 Å². The molecule has 1 atom stereocenters. The van der Waals surface area contributed by atoms with Crippen LogP contribution in [0.15, 0.2) is 0 Å². The molecule has 1 rings (SSSR count). The van der Waals surface area contributed by atoms with Crippen LogP contribution >= 0.6 is 0 Å². The molecule has 0 bridgehead atoms. The molecule has 0 aromatic rings. The zero-order valence-corrected chi connectivity index (χ0v) is 12.0. The first-order chi connectivity index (χ1) is 8.75. The number of ether oxygens (including phenoxy) is 2. The van der Waals surface area contributed by atoms with Crippen molar-refractivity contribution in [2.75, 3.05) is 13.7 Å². The standard InChI is InChI=1S/C15H28O3/c1-3-4-5-6-7-8-9-10-11-12-15(13-18-15)14(16)17-2/h3-13H2,1-2H3. The Balaban J connectivity index is 1.89. The first kappa shape index (κ1) is 15.5. The van der Waals surface area contributed by atoms with Crippen molar-refractivity contribution in [2.45, 2.75) is 76.7 Å². The van der Waals surface area contributed by atoms with Gasteiger partial charge in [-0.15, -0.1) is 0 Å². The van der Waals surface area contributed by atoms with Crippen LogP contribution in [0.25, 0.3) is 0 Å². The van der Waals surface area contributed by atoms with Crippen molar-refractivity contribution in [3.63, 3.8) is 0 Å². The molecule has 1 saturated heterocycles. The van der Waals surface area contributed by atoms with Crippen molar-refractivity contribution in [3.8, 4) is 0 Å². The Labute approximate surface area is 111 Å². The number of hydrogen-bond acceptors (Lipinski definition) is 3. The van der Waals surface area contributed by atoms with E-state index in [-0.39, 0.29) is 5.97 Å². The molecule has 1 fully saturated rings. The molecule has 0 saturated carbocycles. The number of epoxide rings is 1. The van der Waals surface area contributed by atoms with Gasteiger partial charge >= 0.3 is 5.97 Å². The Morgan fingerprint density at radius 1 is 1.06 bits per heavy atom. The Morgan fingerprint density at radius 3 is 2.00 bits per heavy atom. The van der Waals surface area contributed by atoms with Gasteiger partial charge < -0.3 is 9.47 Å². The summed E-state index contributed by atoms with van der Waals surface area (Å²) in [7, 11) is 1.43. The maximum atomic E-state index is 11.4. The summed E-state index contributed by atoms with van der Waals surface area (Å²) in [5, 5.41) is 0. The molecule has 0 aromatic carbocycles. The van der Waals surface area contributed by atoms with Crippen LogP contribution in [0.4, 0.5) is 0 Å². The van der Waals surface area contributed by atoms with Crippen molar-refractivity contribution in [3.05, 3.63) is 0 Å². The summed E-state index contributed by atoms with van der Waals surface area (Å²) in [6.07, 6.45) is 12.5. The van der Waals surface area contributed by atoms with Crippen molar-refractivity contribution in [1.29, 1.82) is 0 Å². The zero-order chi connectivity index (χ0) is 13.3.